The molecule has 1 rings (SSSR count). The molecule has 1 fully saturated rings. The van der Waals surface area contributed by atoms with Crippen LogP contribution in [-0.4, -0.2) is 30.6 Å². The highest BCUT2D eigenvalue weighted by Gasteiger charge is 2.22. The fraction of sp³-hybridized carbons (Fsp3) is 1.00. The first-order valence-electron chi connectivity index (χ1n) is 6.09. The maximum Gasteiger partial charge on any atom is 0.0139 e. The lowest BCUT2D eigenvalue weighted by Gasteiger charge is -2.35. The molecule has 0 aromatic carbocycles. The molecule has 0 aromatic rings. The van der Waals surface area contributed by atoms with Gasteiger partial charge in [-0.15, -0.1) is 0 Å². The number of nitrogens with zero attached hydrogens (tertiary/aromatic N) is 1. The van der Waals surface area contributed by atoms with Crippen LogP contribution in [0.4, 0.5) is 0 Å². The summed E-state index contributed by atoms with van der Waals surface area (Å²) in [6.45, 7) is 5.45. The van der Waals surface area contributed by atoms with Gasteiger partial charge in [-0.25, -0.2) is 0 Å². The van der Waals surface area contributed by atoms with E-state index in [0.717, 1.165) is 18.5 Å². The summed E-state index contributed by atoms with van der Waals surface area (Å²) >= 11 is 0. The van der Waals surface area contributed by atoms with Crippen LogP contribution in [0, 0.1) is 5.92 Å². The first kappa shape index (κ1) is 12.0. The second-order valence-electron chi connectivity index (χ2n) is 5.00. The van der Waals surface area contributed by atoms with Gasteiger partial charge in [-0.3, -0.25) is 0 Å². The van der Waals surface area contributed by atoms with Crippen LogP contribution in [0.3, 0.4) is 0 Å². The molecule has 1 saturated carbocycles. The Balaban J connectivity index is 2.26. The Morgan fingerprint density at radius 1 is 1.29 bits per heavy atom. The summed E-state index contributed by atoms with van der Waals surface area (Å²) < 4.78 is 0. The monoisotopic (exact) mass is 198 g/mol. The van der Waals surface area contributed by atoms with E-state index in [0.29, 0.717) is 6.04 Å². The van der Waals surface area contributed by atoms with Gasteiger partial charge in [0, 0.05) is 18.6 Å². The lowest BCUT2D eigenvalue weighted by molar-refractivity contribution is 0.158. The van der Waals surface area contributed by atoms with Gasteiger partial charge in [-0.05, 0) is 45.6 Å². The van der Waals surface area contributed by atoms with E-state index >= 15 is 0 Å². The van der Waals surface area contributed by atoms with E-state index in [4.69, 9.17) is 5.73 Å². The van der Waals surface area contributed by atoms with E-state index in [9.17, 15) is 0 Å². The molecule has 0 saturated heterocycles. The fourth-order valence-corrected chi connectivity index (χ4v) is 2.60. The van der Waals surface area contributed by atoms with Crippen molar-refractivity contribution in [3.8, 4) is 0 Å². The Morgan fingerprint density at radius 3 is 2.29 bits per heavy atom. The van der Waals surface area contributed by atoms with Crippen molar-refractivity contribution in [3.63, 3.8) is 0 Å². The van der Waals surface area contributed by atoms with E-state index in [1.54, 1.807) is 0 Å². The minimum absolute atomic E-state index is 0.309. The standard InChI is InChI=1S/C12H26N2/c1-4-11-5-7-12(8-6-11)14(3)9-10(2)13/h10-12H,4-9,13H2,1-3H3. The highest BCUT2D eigenvalue weighted by molar-refractivity contribution is 4.78. The SMILES string of the molecule is CCC1CCC(N(C)CC(C)N)CC1. The average Bonchev–Trinajstić information content (AvgIpc) is 2.17. The molecule has 1 aliphatic carbocycles. The van der Waals surface area contributed by atoms with E-state index in [1.807, 2.05) is 0 Å². The summed E-state index contributed by atoms with van der Waals surface area (Å²) in [7, 11) is 2.22. The van der Waals surface area contributed by atoms with Crippen LogP contribution in [0.1, 0.15) is 46.0 Å². The summed E-state index contributed by atoms with van der Waals surface area (Å²) in [5, 5.41) is 0. The zero-order valence-corrected chi connectivity index (χ0v) is 10.00. The number of hydrogen-bond acceptors (Lipinski definition) is 2. The van der Waals surface area contributed by atoms with E-state index in [-0.39, 0.29) is 0 Å². The van der Waals surface area contributed by atoms with Crippen molar-refractivity contribution in [2.24, 2.45) is 11.7 Å². The molecule has 0 heterocycles. The van der Waals surface area contributed by atoms with Crippen LogP contribution in [0.2, 0.25) is 0 Å². The number of nitrogens with two attached hydrogens (primary N) is 1. The zero-order chi connectivity index (χ0) is 10.6. The molecule has 0 aromatic heterocycles. The number of likely N-dealkylation sites (N-methyl/N-ethyl adjacent to an activating group) is 1. The van der Waals surface area contributed by atoms with Crippen molar-refractivity contribution in [3.05, 3.63) is 0 Å². The van der Waals surface area contributed by atoms with Gasteiger partial charge in [0.1, 0.15) is 0 Å². The summed E-state index contributed by atoms with van der Waals surface area (Å²) in [6.07, 6.45) is 6.96. The van der Waals surface area contributed by atoms with E-state index < -0.39 is 0 Å². The molecule has 0 radical (unpaired) electrons. The summed E-state index contributed by atoms with van der Waals surface area (Å²) in [5.74, 6) is 0.995. The topological polar surface area (TPSA) is 29.3 Å². The molecule has 14 heavy (non-hydrogen) atoms. The van der Waals surface area contributed by atoms with Crippen LogP contribution in [0.15, 0.2) is 0 Å². The summed E-state index contributed by atoms with van der Waals surface area (Å²) in [5.41, 5.74) is 5.81. The minimum Gasteiger partial charge on any atom is -0.327 e. The maximum absolute atomic E-state index is 5.81. The van der Waals surface area contributed by atoms with Crippen molar-refractivity contribution < 1.29 is 0 Å². The molecule has 0 amide bonds. The van der Waals surface area contributed by atoms with Gasteiger partial charge in [0.15, 0.2) is 0 Å². The van der Waals surface area contributed by atoms with Gasteiger partial charge in [0.25, 0.3) is 0 Å². The van der Waals surface area contributed by atoms with Crippen molar-refractivity contribution >= 4 is 0 Å². The molecule has 2 nitrogen and oxygen atoms in total. The predicted octanol–water partition coefficient (Wildman–Crippen LogP) is 2.23. The molecular weight excluding hydrogens is 172 g/mol. The third-order valence-electron chi connectivity index (χ3n) is 3.59. The quantitative estimate of drug-likeness (QED) is 0.750. The Labute approximate surface area is 88.8 Å². The normalized spacial score (nSPS) is 30.6. The maximum atomic E-state index is 5.81. The van der Waals surface area contributed by atoms with Crippen molar-refractivity contribution in [1.82, 2.24) is 4.90 Å². The van der Waals surface area contributed by atoms with E-state index in [2.05, 4.69) is 25.8 Å². The van der Waals surface area contributed by atoms with Crippen LogP contribution in [-0.2, 0) is 0 Å². The van der Waals surface area contributed by atoms with Crippen molar-refractivity contribution in [2.45, 2.75) is 58.0 Å². The molecule has 1 unspecified atom stereocenters. The van der Waals surface area contributed by atoms with Crippen molar-refractivity contribution in [1.29, 1.82) is 0 Å². The number of hydrogen-bond donors (Lipinski definition) is 1. The Hall–Kier alpha value is -0.0800. The van der Waals surface area contributed by atoms with Crippen molar-refractivity contribution in [2.75, 3.05) is 13.6 Å². The van der Waals surface area contributed by atoms with E-state index in [1.165, 1.54) is 32.1 Å². The van der Waals surface area contributed by atoms with Crippen LogP contribution < -0.4 is 5.73 Å². The molecule has 1 aliphatic rings. The molecule has 1 atom stereocenters. The minimum atomic E-state index is 0.309. The molecule has 2 N–H and O–H groups in total. The second kappa shape index (κ2) is 5.72. The Morgan fingerprint density at radius 2 is 1.86 bits per heavy atom. The van der Waals surface area contributed by atoms with Gasteiger partial charge in [0.2, 0.25) is 0 Å². The molecule has 0 spiro atoms. The molecule has 84 valence electrons. The first-order valence-corrected chi connectivity index (χ1v) is 6.09. The predicted molar refractivity (Wildman–Crippen MR) is 62.3 cm³/mol. The van der Waals surface area contributed by atoms with Gasteiger partial charge >= 0.3 is 0 Å². The summed E-state index contributed by atoms with van der Waals surface area (Å²) in [4.78, 5) is 2.45. The number of rotatable bonds is 4. The molecular formula is C12H26N2. The first-order chi connectivity index (χ1) is 6.63. The zero-order valence-electron chi connectivity index (χ0n) is 10.00. The average molecular weight is 198 g/mol. The highest BCUT2D eigenvalue weighted by Crippen LogP contribution is 2.28. The van der Waals surface area contributed by atoms with Gasteiger partial charge < -0.3 is 10.6 Å². The Bertz CT molecular complexity index is 148. The van der Waals surface area contributed by atoms with Gasteiger partial charge in [-0.2, -0.15) is 0 Å². The lowest BCUT2D eigenvalue weighted by Crippen LogP contribution is -2.41. The molecule has 0 bridgehead atoms. The molecule has 0 aliphatic heterocycles. The van der Waals surface area contributed by atoms with Crippen LogP contribution >= 0.6 is 0 Å². The smallest absolute Gasteiger partial charge is 0.0139 e. The second-order valence-corrected chi connectivity index (χ2v) is 5.00. The highest BCUT2D eigenvalue weighted by atomic mass is 15.1. The lowest BCUT2D eigenvalue weighted by atomic mass is 9.84. The third-order valence-corrected chi connectivity index (χ3v) is 3.59. The van der Waals surface area contributed by atoms with Gasteiger partial charge in [0.05, 0.1) is 0 Å². The van der Waals surface area contributed by atoms with Gasteiger partial charge in [-0.1, -0.05) is 13.3 Å². The van der Waals surface area contributed by atoms with Crippen LogP contribution in [0.25, 0.3) is 0 Å². The fourth-order valence-electron chi connectivity index (χ4n) is 2.60. The summed E-state index contributed by atoms with van der Waals surface area (Å²) in [6, 6.07) is 1.10. The molecule has 2 heteroatoms. The largest absolute Gasteiger partial charge is 0.327 e. The Kier molecular flexibility index (Phi) is 4.90. The third kappa shape index (κ3) is 3.58. The van der Waals surface area contributed by atoms with Crippen LogP contribution in [0.5, 0.6) is 0 Å².